The fourth-order valence-corrected chi connectivity index (χ4v) is 1.95. The van der Waals surface area contributed by atoms with E-state index in [2.05, 4.69) is 16.1 Å². The lowest BCUT2D eigenvalue weighted by atomic mass is 9.97. The van der Waals surface area contributed by atoms with E-state index in [0.717, 1.165) is 0 Å². The molecule has 1 N–H and O–H groups in total. The van der Waals surface area contributed by atoms with Crippen LogP contribution in [-0.2, 0) is 19.1 Å². The predicted molar refractivity (Wildman–Crippen MR) is 76.9 cm³/mol. The quantitative estimate of drug-likeness (QED) is 0.242. The van der Waals surface area contributed by atoms with Crippen LogP contribution in [0.25, 0.3) is 0 Å². The molecule has 0 aromatic rings. The van der Waals surface area contributed by atoms with Crippen molar-refractivity contribution in [3.63, 3.8) is 0 Å². The average Bonchev–Trinajstić information content (AvgIpc) is 2.48. The van der Waals surface area contributed by atoms with Crippen molar-refractivity contribution in [2.24, 2.45) is 5.92 Å². The van der Waals surface area contributed by atoms with Crippen molar-refractivity contribution in [3.8, 4) is 0 Å². The van der Waals surface area contributed by atoms with Crippen molar-refractivity contribution in [2.45, 2.75) is 57.4 Å². The number of hydrogen-bond donors (Lipinski definition) is 1. The van der Waals surface area contributed by atoms with Crippen LogP contribution in [0.5, 0.6) is 0 Å². The lowest BCUT2D eigenvalue weighted by Crippen LogP contribution is -2.57. The Morgan fingerprint density at radius 2 is 1.84 bits per heavy atom. The zero-order valence-corrected chi connectivity index (χ0v) is 13.7. The maximum Gasteiger partial charge on any atom is 0.468 e. The second kappa shape index (κ2) is 10.3. The molecular weight excluding hydrogens is 355 g/mol. The molecule has 0 bridgehead atoms. The smallest absolute Gasteiger partial charge is 0.468 e. The van der Waals surface area contributed by atoms with Crippen LogP contribution in [0.2, 0.25) is 0 Å². The van der Waals surface area contributed by atoms with Crippen molar-refractivity contribution < 1.29 is 46.1 Å². The van der Waals surface area contributed by atoms with Crippen LogP contribution in [0.3, 0.4) is 0 Å². The number of alkyl halides is 5. The van der Waals surface area contributed by atoms with Gasteiger partial charge in [-0.05, 0) is 18.8 Å². The minimum absolute atomic E-state index is 0.0325. The third-order valence-corrected chi connectivity index (χ3v) is 3.39. The molecule has 0 heterocycles. The first-order valence-electron chi connectivity index (χ1n) is 7.55. The topological polar surface area (TPSA) is 72.8 Å². The second-order valence-corrected chi connectivity index (χ2v) is 5.26. The largest absolute Gasteiger partial charge is 0.476 e. The normalized spacial score (nSPS) is 15.5. The van der Waals surface area contributed by atoms with Gasteiger partial charge < -0.3 is 14.6 Å². The van der Waals surface area contributed by atoms with Gasteiger partial charge >= 0.3 is 23.9 Å². The van der Waals surface area contributed by atoms with E-state index >= 15 is 0 Å². The fourth-order valence-electron chi connectivity index (χ4n) is 1.95. The van der Waals surface area contributed by atoms with Gasteiger partial charge in [0.25, 0.3) is 0 Å². The molecule has 0 saturated heterocycles. The number of rotatable bonds is 12. The highest BCUT2D eigenvalue weighted by Gasteiger charge is 2.67. The molecule has 0 aromatic carbocycles. The molecule has 0 aliphatic heterocycles. The van der Waals surface area contributed by atoms with Crippen LogP contribution in [0.15, 0.2) is 12.7 Å². The SMILES string of the molecule is C=CCC(CC)CCC(=O)OC(OCCC(F)F)(C(=O)O)C(F)(F)F. The van der Waals surface area contributed by atoms with Crippen molar-refractivity contribution in [2.75, 3.05) is 6.61 Å². The van der Waals surface area contributed by atoms with Gasteiger partial charge in [-0.1, -0.05) is 19.4 Å². The lowest BCUT2D eigenvalue weighted by molar-refractivity contribution is -0.355. The molecule has 2 unspecified atom stereocenters. The standard InChI is InChI=1S/C15H21F5O5/c1-3-5-10(4-2)6-7-12(21)25-14(13(22)23,15(18,19)20)24-9-8-11(16)17/h3,10-11H,1,4-9H2,2H3,(H,22,23). The zero-order valence-electron chi connectivity index (χ0n) is 13.7. The molecule has 0 aliphatic rings. The van der Waals surface area contributed by atoms with E-state index in [1.165, 1.54) is 0 Å². The molecule has 25 heavy (non-hydrogen) atoms. The molecule has 0 saturated carbocycles. The zero-order chi connectivity index (χ0) is 19.7. The first-order valence-corrected chi connectivity index (χ1v) is 7.55. The van der Waals surface area contributed by atoms with Gasteiger partial charge in [-0.3, -0.25) is 4.79 Å². The van der Waals surface area contributed by atoms with Crippen molar-refractivity contribution in [1.29, 1.82) is 0 Å². The molecule has 2 atom stereocenters. The number of hydrogen-bond acceptors (Lipinski definition) is 4. The summed E-state index contributed by atoms with van der Waals surface area (Å²) >= 11 is 0. The van der Waals surface area contributed by atoms with Crippen LogP contribution >= 0.6 is 0 Å². The maximum absolute atomic E-state index is 13.1. The predicted octanol–water partition coefficient (Wildman–Crippen LogP) is 3.93. The molecule has 0 fully saturated rings. The highest BCUT2D eigenvalue weighted by molar-refractivity contribution is 5.81. The van der Waals surface area contributed by atoms with Crippen molar-refractivity contribution >= 4 is 11.9 Å². The van der Waals surface area contributed by atoms with Gasteiger partial charge in [0, 0.05) is 12.8 Å². The van der Waals surface area contributed by atoms with Crippen molar-refractivity contribution in [3.05, 3.63) is 12.7 Å². The Balaban J connectivity index is 5.11. The summed E-state index contributed by atoms with van der Waals surface area (Å²) in [5.41, 5.74) is 0. The highest BCUT2D eigenvalue weighted by Crippen LogP contribution is 2.36. The first kappa shape index (κ1) is 23.3. The number of carbonyl (C=O) groups is 2. The Morgan fingerprint density at radius 3 is 2.24 bits per heavy atom. The summed E-state index contributed by atoms with van der Waals surface area (Å²) in [5, 5.41) is 8.86. The molecule has 0 amide bonds. The molecular formula is C15H21F5O5. The summed E-state index contributed by atoms with van der Waals surface area (Å²) in [4.78, 5) is 22.7. The van der Waals surface area contributed by atoms with Gasteiger partial charge in [0.15, 0.2) is 0 Å². The van der Waals surface area contributed by atoms with Crippen LogP contribution in [0.4, 0.5) is 22.0 Å². The number of carboxylic acid groups (broad SMARTS) is 1. The van der Waals surface area contributed by atoms with Gasteiger partial charge in [-0.15, -0.1) is 6.58 Å². The Labute approximate surface area is 141 Å². The number of aliphatic carboxylic acids is 1. The van der Waals surface area contributed by atoms with Crippen LogP contribution < -0.4 is 0 Å². The van der Waals surface area contributed by atoms with Gasteiger partial charge in [0.2, 0.25) is 6.43 Å². The van der Waals surface area contributed by atoms with Gasteiger partial charge in [0.1, 0.15) is 0 Å². The van der Waals surface area contributed by atoms with E-state index in [-0.39, 0.29) is 12.3 Å². The summed E-state index contributed by atoms with van der Waals surface area (Å²) < 4.78 is 71.6. The summed E-state index contributed by atoms with van der Waals surface area (Å²) in [6.07, 6.45) is -7.35. The third kappa shape index (κ3) is 7.37. The molecule has 0 aliphatic carbocycles. The number of carboxylic acids is 1. The molecule has 0 rings (SSSR count). The Kier molecular flexibility index (Phi) is 9.61. The van der Waals surface area contributed by atoms with Crippen LogP contribution in [0, 0.1) is 5.92 Å². The molecule has 0 radical (unpaired) electrons. The van der Waals surface area contributed by atoms with E-state index in [1.807, 2.05) is 6.92 Å². The second-order valence-electron chi connectivity index (χ2n) is 5.26. The summed E-state index contributed by atoms with van der Waals surface area (Å²) in [6.45, 7) is 4.08. The maximum atomic E-state index is 13.1. The van der Waals surface area contributed by atoms with Crippen LogP contribution in [-0.4, -0.2) is 42.0 Å². The highest BCUT2D eigenvalue weighted by atomic mass is 19.4. The Bertz CT molecular complexity index is 452. The molecule has 10 heteroatoms. The average molecular weight is 376 g/mol. The lowest BCUT2D eigenvalue weighted by Gasteiger charge is -2.30. The minimum Gasteiger partial charge on any atom is -0.476 e. The van der Waals surface area contributed by atoms with E-state index in [9.17, 15) is 31.5 Å². The van der Waals surface area contributed by atoms with Crippen LogP contribution in [0.1, 0.15) is 39.0 Å². The Hall–Kier alpha value is -1.71. The monoisotopic (exact) mass is 376 g/mol. The molecule has 146 valence electrons. The number of allylic oxidation sites excluding steroid dienone is 1. The Morgan fingerprint density at radius 1 is 1.24 bits per heavy atom. The molecule has 0 aromatic heterocycles. The molecule has 0 spiro atoms. The number of halogens is 5. The van der Waals surface area contributed by atoms with E-state index in [0.29, 0.717) is 12.8 Å². The minimum atomic E-state index is -5.64. The number of esters is 1. The summed E-state index contributed by atoms with van der Waals surface area (Å²) in [5.74, 6) is -8.42. The van der Waals surface area contributed by atoms with Gasteiger partial charge in [-0.2, -0.15) is 13.2 Å². The number of ether oxygens (including phenoxy) is 2. The van der Waals surface area contributed by atoms with E-state index in [1.54, 1.807) is 6.08 Å². The van der Waals surface area contributed by atoms with Gasteiger partial charge in [0.05, 0.1) is 6.61 Å². The van der Waals surface area contributed by atoms with Crippen molar-refractivity contribution in [1.82, 2.24) is 0 Å². The summed E-state index contributed by atoms with van der Waals surface area (Å²) in [6, 6.07) is 0. The van der Waals surface area contributed by atoms with E-state index in [4.69, 9.17) is 5.11 Å². The number of carbonyl (C=O) groups excluding carboxylic acids is 1. The summed E-state index contributed by atoms with van der Waals surface area (Å²) in [7, 11) is 0. The molecule has 5 nitrogen and oxygen atoms in total. The van der Waals surface area contributed by atoms with E-state index < -0.39 is 49.8 Å². The van der Waals surface area contributed by atoms with Gasteiger partial charge in [-0.25, -0.2) is 13.6 Å². The fraction of sp³-hybridized carbons (Fsp3) is 0.733. The first-order chi connectivity index (χ1) is 11.5. The third-order valence-electron chi connectivity index (χ3n) is 3.39.